The molecule has 15 heavy (non-hydrogen) atoms. The van der Waals surface area contributed by atoms with E-state index < -0.39 is 0 Å². The highest BCUT2D eigenvalue weighted by Gasteiger charge is 1.96. The maximum absolute atomic E-state index is 5.57. The third-order valence-electron chi connectivity index (χ3n) is 3.03. The maximum atomic E-state index is 5.57. The largest absolute Gasteiger partial charge is 0.381 e. The van der Waals surface area contributed by atoms with Gasteiger partial charge in [-0.05, 0) is 32.1 Å². The lowest BCUT2D eigenvalue weighted by molar-refractivity contribution is 0.127. The number of rotatable bonds is 0. The van der Waals surface area contributed by atoms with Crippen LogP contribution in [-0.2, 0) is 4.74 Å². The summed E-state index contributed by atoms with van der Waals surface area (Å²) in [5.74, 6) is 0. The van der Waals surface area contributed by atoms with Gasteiger partial charge in [-0.1, -0.05) is 44.9 Å². The molecule has 0 amide bonds. The molecule has 0 aliphatic carbocycles. The highest BCUT2D eigenvalue weighted by molar-refractivity contribution is 4.64. The van der Waals surface area contributed by atoms with E-state index in [9.17, 15) is 0 Å². The molecule has 0 N–H and O–H groups in total. The minimum absolute atomic E-state index is 0.938. The summed E-state index contributed by atoms with van der Waals surface area (Å²) in [6, 6.07) is 0. The Labute approximate surface area is 95.6 Å². The van der Waals surface area contributed by atoms with Crippen LogP contribution in [0.4, 0.5) is 0 Å². The fourth-order valence-corrected chi connectivity index (χ4v) is 2.04. The van der Waals surface area contributed by atoms with Gasteiger partial charge in [-0.3, -0.25) is 0 Å². The first-order valence-corrected chi connectivity index (χ1v) is 6.78. The summed E-state index contributed by atoms with van der Waals surface area (Å²) in [4.78, 5) is 0. The molecule has 1 fully saturated rings. The Morgan fingerprint density at radius 3 is 1.87 bits per heavy atom. The van der Waals surface area contributed by atoms with Crippen LogP contribution in [0.1, 0.15) is 70.6 Å². The van der Waals surface area contributed by atoms with Crippen LogP contribution in [-0.4, -0.2) is 13.2 Å². The summed E-state index contributed by atoms with van der Waals surface area (Å²) >= 11 is 0. The van der Waals surface area contributed by atoms with Gasteiger partial charge in [0.15, 0.2) is 0 Å². The van der Waals surface area contributed by atoms with Crippen molar-refractivity contribution in [2.75, 3.05) is 13.2 Å². The monoisotopic (exact) mass is 210 g/mol. The Balaban J connectivity index is 2.01. The molecule has 0 unspecified atom stereocenters. The predicted octanol–water partition coefficient (Wildman–Crippen LogP) is 4.39. The number of hydrogen-bond acceptors (Lipinski definition) is 1. The molecule has 0 aromatic rings. The van der Waals surface area contributed by atoms with Crippen molar-refractivity contribution in [3.05, 3.63) is 6.42 Å². The van der Waals surface area contributed by atoms with Crippen molar-refractivity contribution in [3.8, 4) is 0 Å². The van der Waals surface area contributed by atoms with E-state index in [1.165, 1.54) is 64.2 Å². The minimum Gasteiger partial charge on any atom is -0.381 e. The number of ether oxygens (including phenoxy) is 1. The first kappa shape index (κ1) is 13.0. The summed E-state index contributed by atoms with van der Waals surface area (Å²) in [6.45, 7) is 1.91. The molecule has 0 aromatic heterocycles. The van der Waals surface area contributed by atoms with E-state index in [0.29, 0.717) is 0 Å². The first-order chi connectivity index (χ1) is 7.50. The van der Waals surface area contributed by atoms with Crippen molar-refractivity contribution in [3.63, 3.8) is 0 Å². The number of hydrogen-bond donors (Lipinski definition) is 0. The maximum Gasteiger partial charge on any atom is 0.0466 e. The van der Waals surface area contributed by atoms with E-state index in [1.807, 2.05) is 0 Å². The van der Waals surface area contributed by atoms with E-state index in [-0.39, 0.29) is 0 Å². The van der Waals surface area contributed by atoms with E-state index >= 15 is 0 Å². The van der Waals surface area contributed by atoms with Crippen molar-refractivity contribution in [2.45, 2.75) is 70.6 Å². The molecule has 1 aliphatic rings. The molecule has 1 aliphatic heterocycles. The zero-order chi connectivity index (χ0) is 10.6. The molecule has 0 atom stereocenters. The van der Waals surface area contributed by atoms with E-state index in [4.69, 9.17) is 4.74 Å². The third kappa shape index (κ3) is 8.92. The summed E-state index contributed by atoms with van der Waals surface area (Å²) in [7, 11) is 0. The van der Waals surface area contributed by atoms with Gasteiger partial charge in [-0.25, -0.2) is 0 Å². The highest BCUT2D eigenvalue weighted by Crippen LogP contribution is 2.12. The molecule has 0 saturated carbocycles. The molecular weight excluding hydrogens is 184 g/mol. The SMILES string of the molecule is [C]1CCCCCCCCCCOCCC1. The second-order valence-corrected chi connectivity index (χ2v) is 4.54. The van der Waals surface area contributed by atoms with Crippen molar-refractivity contribution < 1.29 is 4.74 Å². The Morgan fingerprint density at radius 2 is 1.07 bits per heavy atom. The Kier molecular flexibility index (Phi) is 9.10. The Hall–Kier alpha value is -0.0400. The molecule has 2 radical (unpaired) electrons. The average molecular weight is 210 g/mol. The van der Waals surface area contributed by atoms with E-state index in [2.05, 4.69) is 6.42 Å². The summed E-state index contributed by atoms with van der Waals surface area (Å²) < 4.78 is 5.57. The van der Waals surface area contributed by atoms with Gasteiger partial charge in [0, 0.05) is 13.2 Å². The lowest BCUT2D eigenvalue weighted by Gasteiger charge is -2.03. The van der Waals surface area contributed by atoms with Gasteiger partial charge in [-0.15, -0.1) is 0 Å². The van der Waals surface area contributed by atoms with Gasteiger partial charge in [-0.2, -0.15) is 0 Å². The first-order valence-electron chi connectivity index (χ1n) is 6.78. The fraction of sp³-hybridized carbons (Fsp3) is 0.929. The summed E-state index contributed by atoms with van der Waals surface area (Å²) in [5, 5.41) is 0. The van der Waals surface area contributed by atoms with Gasteiger partial charge >= 0.3 is 0 Å². The zero-order valence-electron chi connectivity index (χ0n) is 10.1. The van der Waals surface area contributed by atoms with Crippen molar-refractivity contribution in [1.29, 1.82) is 0 Å². The molecule has 0 bridgehead atoms. The molecule has 1 saturated heterocycles. The molecular formula is C14H26O. The second-order valence-electron chi connectivity index (χ2n) is 4.54. The average Bonchev–Trinajstić information content (AvgIpc) is 2.27. The lowest BCUT2D eigenvalue weighted by Crippen LogP contribution is -1.97. The molecule has 0 aromatic carbocycles. The molecule has 1 heterocycles. The van der Waals surface area contributed by atoms with Crippen LogP contribution in [0.2, 0.25) is 0 Å². The summed E-state index contributed by atoms with van der Waals surface area (Å²) in [6.07, 6.45) is 18.0. The quantitative estimate of drug-likeness (QED) is 0.576. The van der Waals surface area contributed by atoms with Gasteiger partial charge in [0.25, 0.3) is 0 Å². The lowest BCUT2D eigenvalue weighted by atomic mass is 10.1. The molecule has 1 rings (SSSR count). The Bertz CT molecular complexity index is 63.9. The van der Waals surface area contributed by atoms with Crippen LogP contribution >= 0.6 is 0 Å². The third-order valence-corrected chi connectivity index (χ3v) is 3.03. The molecule has 0 spiro atoms. The van der Waals surface area contributed by atoms with E-state index in [1.54, 1.807) is 0 Å². The predicted molar refractivity (Wildman–Crippen MR) is 64.8 cm³/mol. The topological polar surface area (TPSA) is 9.23 Å². The zero-order valence-corrected chi connectivity index (χ0v) is 10.1. The van der Waals surface area contributed by atoms with E-state index in [0.717, 1.165) is 19.6 Å². The van der Waals surface area contributed by atoms with Crippen LogP contribution in [0, 0.1) is 6.42 Å². The minimum atomic E-state index is 0.938. The smallest absolute Gasteiger partial charge is 0.0466 e. The van der Waals surface area contributed by atoms with Gasteiger partial charge in [0.2, 0.25) is 0 Å². The van der Waals surface area contributed by atoms with Crippen molar-refractivity contribution in [1.82, 2.24) is 0 Å². The standard InChI is InChI=1S/C14H26O/c1-2-4-6-8-10-12-14-15-13-11-9-7-5-3-1/h1-7,9-14H2. The van der Waals surface area contributed by atoms with Crippen LogP contribution in [0.15, 0.2) is 0 Å². The van der Waals surface area contributed by atoms with Crippen molar-refractivity contribution >= 4 is 0 Å². The van der Waals surface area contributed by atoms with Gasteiger partial charge in [0.1, 0.15) is 0 Å². The van der Waals surface area contributed by atoms with Crippen LogP contribution in [0.5, 0.6) is 0 Å². The van der Waals surface area contributed by atoms with Crippen LogP contribution < -0.4 is 0 Å². The molecule has 1 nitrogen and oxygen atoms in total. The Morgan fingerprint density at radius 1 is 0.533 bits per heavy atom. The summed E-state index contributed by atoms with van der Waals surface area (Å²) in [5.41, 5.74) is 0. The normalized spacial score (nSPS) is 24.0. The second kappa shape index (κ2) is 10.5. The van der Waals surface area contributed by atoms with Gasteiger partial charge in [0.05, 0.1) is 0 Å². The molecule has 1 heteroatoms. The van der Waals surface area contributed by atoms with Crippen molar-refractivity contribution in [2.24, 2.45) is 0 Å². The highest BCUT2D eigenvalue weighted by atomic mass is 16.5. The van der Waals surface area contributed by atoms with Crippen LogP contribution in [0.25, 0.3) is 0 Å². The fourth-order valence-electron chi connectivity index (χ4n) is 2.04. The van der Waals surface area contributed by atoms with Crippen LogP contribution in [0.3, 0.4) is 0 Å². The molecule has 88 valence electrons. The van der Waals surface area contributed by atoms with Gasteiger partial charge < -0.3 is 4.74 Å².